The van der Waals surface area contributed by atoms with Gasteiger partial charge in [-0.1, -0.05) is 12.0 Å². The Labute approximate surface area is 240 Å². The molecule has 1 aliphatic heterocycles. The van der Waals surface area contributed by atoms with Gasteiger partial charge in [0.1, 0.15) is 4.21 Å². The molecule has 2 N–H and O–H groups in total. The van der Waals surface area contributed by atoms with E-state index in [9.17, 15) is 26.8 Å². The first-order valence-electron chi connectivity index (χ1n) is 12.3. The number of piperazine rings is 1. The first-order chi connectivity index (χ1) is 19.5. The molecule has 1 aliphatic rings. The van der Waals surface area contributed by atoms with E-state index in [2.05, 4.69) is 15.9 Å². The van der Waals surface area contributed by atoms with E-state index in [0.717, 1.165) is 21.4 Å². The second-order valence-electron chi connectivity index (χ2n) is 9.34. The van der Waals surface area contributed by atoms with Gasteiger partial charge in [0, 0.05) is 60.5 Å². The monoisotopic (exact) mass is 612 g/mol. The van der Waals surface area contributed by atoms with Crippen LogP contribution in [0.25, 0.3) is 21.3 Å². The molecule has 0 saturated carbocycles. The molecular weight excluding hydrogens is 589 g/mol. The number of sulfonamides is 2. The summed E-state index contributed by atoms with van der Waals surface area (Å²) in [5, 5.41) is 18.0. The van der Waals surface area contributed by atoms with E-state index < -0.39 is 37.7 Å². The van der Waals surface area contributed by atoms with Crippen LogP contribution in [0.4, 0.5) is 0 Å². The molecule has 1 saturated heterocycles. The maximum atomic E-state index is 13.6. The fraction of sp³-hybridized carbons (Fsp3) is 0.231. The minimum absolute atomic E-state index is 0.0240. The molecule has 41 heavy (non-hydrogen) atoms. The molecule has 5 rings (SSSR count). The van der Waals surface area contributed by atoms with E-state index in [-0.39, 0.29) is 36.1 Å². The summed E-state index contributed by atoms with van der Waals surface area (Å²) in [4.78, 5) is 23.0. The minimum atomic E-state index is -3.97. The zero-order valence-corrected chi connectivity index (χ0v) is 23.9. The number of carbonyl (C=O) groups is 1. The molecule has 15 heteroatoms. The predicted molar refractivity (Wildman–Crippen MR) is 152 cm³/mol. The first-order valence-corrected chi connectivity index (χ1v) is 16.3. The van der Waals surface area contributed by atoms with Crippen LogP contribution < -0.4 is 9.87 Å². The number of carbonyl (C=O) groups excluding carboxylic acids is 1. The highest BCUT2D eigenvalue weighted by molar-refractivity contribution is 7.91. The number of benzene rings is 1. The topological polar surface area (TPSA) is 171 Å². The number of hydrogen-bond donors (Lipinski definition) is 1. The maximum Gasteiger partial charge on any atom is 0.291 e. The highest BCUT2D eigenvalue weighted by Crippen LogP contribution is 2.33. The van der Waals surface area contributed by atoms with Crippen LogP contribution in [-0.4, -0.2) is 73.3 Å². The number of nitrogens with zero attached hydrogens (tertiary/aromatic N) is 5. The zero-order valence-electron chi connectivity index (χ0n) is 21.5. The van der Waals surface area contributed by atoms with Gasteiger partial charge in [0.25, 0.3) is 15.9 Å². The molecule has 12 nitrogen and oxygen atoms in total. The number of pyridine rings is 1. The number of fused-ring (bicyclic) bond motifs is 1. The Hall–Kier alpha value is -3.94. The molecule has 0 radical (unpaired) electrons. The normalized spacial score (nSPS) is 16.5. The summed E-state index contributed by atoms with van der Waals surface area (Å²) in [5.74, 6) is 1.31. The van der Waals surface area contributed by atoms with Crippen LogP contribution >= 0.6 is 11.3 Å². The molecule has 3 aromatic heterocycles. The Morgan fingerprint density at radius 3 is 2.59 bits per heavy atom. The Kier molecular flexibility index (Phi) is 7.77. The van der Waals surface area contributed by atoms with E-state index in [1.54, 1.807) is 42.5 Å². The number of nitrogens with two attached hydrogens (primary N) is 1. The average Bonchev–Trinajstić information content (AvgIpc) is 3.40. The first kappa shape index (κ1) is 28.6. The van der Waals surface area contributed by atoms with Gasteiger partial charge in [-0.05, 0) is 36.1 Å². The number of thiophene rings is 1. The maximum absolute atomic E-state index is 13.6. The van der Waals surface area contributed by atoms with Crippen molar-refractivity contribution in [2.75, 3.05) is 25.4 Å². The van der Waals surface area contributed by atoms with Gasteiger partial charge < -0.3 is 10.1 Å². The lowest BCUT2D eigenvalue weighted by Gasteiger charge is -2.40. The highest BCUT2D eigenvalue weighted by Gasteiger charge is 2.38. The third kappa shape index (κ3) is 6.06. The Morgan fingerprint density at radius 1 is 1.15 bits per heavy atom. The van der Waals surface area contributed by atoms with Gasteiger partial charge in [-0.15, -0.1) is 17.8 Å². The van der Waals surface area contributed by atoms with E-state index in [0.29, 0.717) is 21.6 Å². The predicted octanol–water partition coefficient (Wildman–Crippen LogP) is 1.17. The molecule has 1 aromatic carbocycles. The molecular formula is C26H24N6O6S3. The SMILES string of the molecule is C#Cc1ccc2cc(S(=O)(=O)N3CCN(C(=O)c4ncc(-c5cccc[n+]5[O-])cn4)C(CCS(N)(=O)=O)C3)sc2c1. The smallest absolute Gasteiger partial charge is 0.291 e. The summed E-state index contributed by atoms with van der Waals surface area (Å²) in [6.07, 6.45) is 9.39. The van der Waals surface area contributed by atoms with Crippen molar-refractivity contribution in [3.05, 3.63) is 77.7 Å². The Morgan fingerprint density at radius 2 is 1.90 bits per heavy atom. The van der Waals surface area contributed by atoms with Crippen molar-refractivity contribution >= 4 is 47.4 Å². The van der Waals surface area contributed by atoms with Gasteiger partial charge in [0.05, 0.1) is 11.3 Å². The van der Waals surface area contributed by atoms with Gasteiger partial charge in [-0.3, -0.25) is 4.79 Å². The molecule has 1 atom stereocenters. The molecule has 212 valence electrons. The van der Waals surface area contributed by atoms with E-state index in [4.69, 9.17) is 11.6 Å². The quantitative estimate of drug-likeness (QED) is 0.184. The van der Waals surface area contributed by atoms with E-state index in [1.165, 1.54) is 27.8 Å². The number of amides is 1. The van der Waals surface area contributed by atoms with Crippen molar-refractivity contribution < 1.29 is 26.4 Å². The van der Waals surface area contributed by atoms with Crippen molar-refractivity contribution in [2.45, 2.75) is 16.7 Å². The fourth-order valence-corrected chi connectivity index (χ4v) is 8.22. The Balaban J connectivity index is 1.40. The summed E-state index contributed by atoms with van der Waals surface area (Å²) >= 11 is 1.09. The second kappa shape index (κ2) is 11.1. The van der Waals surface area contributed by atoms with Gasteiger partial charge in [0.15, 0.2) is 6.20 Å². The lowest BCUT2D eigenvalue weighted by molar-refractivity contribution is -0.593. The molecule has 0 spiro atoms. The molecule has 1 amide bonds. The average molecular weight is 613 g/mol. The van der Waals surface area contributed by atoms with Crippen LogP contribution in [0.3, 0.4) is 0 Å². The number of rotatable bonds is 7. The summed E-state index contributed by atoms with van der Waals surface area (Å²) in [6.45, 7) is -0.197. The molecule has 0 bridgehead atoms. The standard InChI is InChI=1S/C26H24N6O6S3/c1-2-18-6-7-19-14-24(39-23(19)13-18)41(37,38)30-10-11-31(21(17-30)8-12-40(27,35)36)26(33)25-28-15-20(16-29-25)22-5-3-4-9-32(22)34/h1,3-7,9,13-16,21H,8,10-12,17H2,(H2,27,35,36). The van der Waals surface area contributed by atoms with Crippen LogP contribution in [0.15, 0.2) is 65.3 Å². The van der Waals surface area contributed by atoms with Gasteiger partial charge in [0.2, 0.25) is 21.5 Å². The van der Waals surface area contributed by atoms with Crippen LogP contribution in [0.2, 0.25) is 0 Å². The van der Waals surface area contributed by atoms with Crippen LogP contribution in [0.1, 0.15) is 22.6 Å². The molecule has 0 aliphatic carbocycles. The van der Waals surface area contributed by atoms with E-state index in [1.807, 2.05) is 0 Å². The summed E-state index contributed by atoms with van der Waals surface area (Å²) in [5.41, 5.74) is 1.33. The van der Waals surface area contributed by atoms with Crippen LogP contribution in [0, 0.1) is 17.6 Å². The number of aromatic nitrogens is 3. The fourth-order valence-electron chi connectivity index (χ4n) is 4.56. The summed E-state index contributed by atoms with van der Waals surface area (Å²) < 4.78 is 53.4. The van der Waals surface area contributed by atoms with Crippen molar-refractivity contribution in [1.82, 2.24) is 19.2 Å². The lowest BCUT2D eigenvalue weighted by atomic mass is 10.1. The number of terminal acetylenes is 1. The third-order valence-corrected chi connectivity index (χ3v) is 10.9. The van der Waals surface area contributed by atoms with E-state index >= 15 is 0 Å². The van der Waals surface area contributed by atoms with Gasteiger partial charge in [-0.25, -0.2) is 31.9 Å². The second-order valence-corrected chi connectivity index (χ2v) is 14.3. The lowest BCUT2D eigenvalue weighted by Crippen LogP contribution is -2.57. The van der Waals surface area contributed by atoms with Gasteiger partial charge in [-0.2, -0.15) is 9.04 Å². The minimum Gasteiger partial charge on any atom is -0.618 e. The largest absolute Gasteiger partial charge is 0.618 e. The molecule has 1 unspecified atom stereocenters. The highest BCUT2D eigenvalue weighted by atomic mass is 32.2. The van der Waals surface area contributed by atoms with Crippen molar-refractivity contribution in [3.8, 4) is 23.6 Å². The number of primary sulfonamides is 1. The third-order valence-electron chi connectivity index (χ3n) is 6.66. The van der Waals surface area contributed by atoms with Crippen molar-refractivity contribution in [1.29, 1.82) is 0 Å². The summed E-state index contributed by atoms with van der Waals surface area (Å²) in [7, 11) is -7.86. The molecule has 4 aromatic rings. The number of hydrogen-bond acceptors (Lipinski definition) is 9. The zero-order chi connectivity index (χ0) is 29.4. The Bertz CT molecular complexity index is 1880. The van der Waals surface area contributed by atoms with Crippen LogP contribution in [0.5, 0.6) is 0 Å². The van der Waals surface area contributed by atoms with Gasteiger partial charge >= 0.3 is 0 Å². The van der Waals surface area contributed by atoms with Crippen molar-refractivity contribution in [3.63, 3.8) is 0 Å². The molecule has 1 fully saturated rings. The van der Waals surface area contributed by atoms with Crippen molar-refractivity contribution in [2.24, 2.45) is 5.14 Å². The van der Waals surface area contributed by atoms with Crippen LogP contribution in [-0.2, 0) is 20.0 Å². The summed E-state index contributed by atoms with van der Waals surface area (Å²) in [6, 6.07) is 10.8. The molecule has 4 heterocycles.